The molecule has 1 aromatic carbocycles. The van der Waals surface area contributed by atoms with Crippen LogP contribution in [-0.2, 0) is 11.3 Å². The molecule has 0 aliphatic carbocycles. The lowest BCUT2D eigenvalue weighted by Crippen LogP contribution is -2.10. The van der Waals surface area contributed by atoms with Crippen LogP contribution >= 0.6 is 11.8 Å². The SMILES string of the molecule is COCCn1c(SCC(=O)c2cc(C)n(-c3cc(C)cc(C)c3)c2C)nnc1-c1ccncc1. The van der Waals surface area contributed by atoms with Crippen LogP contribution in [0.1, 0.15) is 32.9 Å². The van der Waals surface area contributed by atoms with Crippen molar-refractivity contribution in [3.8, 4) is 17.1 Å². The monoisotopic (exact) mass is 475 g/mol. The number of hydrogen-bond acceptors (Lipinski definition) is 6. The molecule has 0 aliphatic rings. The maximum Gasteiger partial charge on any atom is 0.192 e. The molecule has 34 heavy (non-hydrogen) atoms. The van der Waals surface area contributed by atoms with Crippen LogP contribution in [0.25, 0.3) is 17.1 Å². The van der Waals surface area contributed by atoms with Gasteiger partial charge in [0.1, 0.15) is 0 Å². The Morgan fingerprint density at radius 3 is 2.38 bits per heavy atom. The number of carbonyl (C=O) groups is 1. The van der Waals surface area contributed by atoms with Gasteiger partial charge >= 0.3 is 0 Å². The highest BCUT2D eigenvalue weighted by Gasteiger charge is 2.20. The molecule has 7 nitrogen and oxygen atoms in total. The molecule has 4 rings (SSSR count). The first-order valence-corrected chi connectivity index (χ1v) is 12.1. The molecule has 0 saturated carbocycles. The summed E-state index contributed by atoms with van der Waals surface area (Å²) < 4.78 is 9.43. The zero-order valence-corrected chi connectivity index (χ0v) is 21.0. The van der Waals surface area contributed by atoms with E-state index in [1.54, 1.807) is 19.5 Å². The van der Waals surface area contributed by atoms with Gasteiger partial charge in [-0.1, -0.05) is 17.8 Å². The summed E-state index contributed by atoms with van der Waals surface area (Å²) in [6, 6.07) is 12.2. The first kappa shape index (κ1) is 23.9. The molecule has 0 saturated heterocycles. The number of hydrogen-bond donors (Lipinski definition) is 0. The fourth-order valence-corrected chi connectivity index (χ4v) is 5.07. The van der Waals surface area contributed by atoms with E-state index in [9.17, 15) is 4.79 Å². The number of nitrogens with zero attached hydrogens (tertiary/aromatic N) is 5. The third-order valence-corrected chi connectivity index (χ3v) is 6.67. The predicted molar refractivity (Wildman–Crippen MR) is 135 cm³/mol. The summed E-state index contributed by atoms with van der Waals surface area (Å²) in [5.74, 6) is 1.08. The van der Waals surface area contributed by atoms with Crippen molar-refractivity contribution in [3.05, 3.63) is 76.9 Å². The first-order valence-electron chi connectivity index (χ1n) is 11.1. The predicted octanol–water partition coefficient (Wildman–Crippen LogP) is 4.99. The molecular formula is C26H29N5O2S. The highest BCUT2D eigenvalue weighted by Crippen LogP contribution is 2.27. The van der Waals surface area contributed by atoms with Crippen LogP contribution in [-0.4, -0.2) is 49.6 Å². The Kier molecular flexibility index (Phi) is 7.29. The van der Waals surface area contributed by atoms with Crippen LogP contribution in [0.4, 0.5) is 0 Å². The second kappa shape index (κ2) is 10.4. The minimum Gasteiger partial charge on any atom is -0.383 e. The third kappa shape index (κ3) is 4.98. The molecule has 0 aliphatic heterocycles. The van der Waals surface area contributed by atoms with Crippen molar-refractivity contribution >= 4 is 17.5 Å². The van der Waals surface area contributed by atoms with E-state index in [1.807, 2.05) is 36.6 Å². The molecule has 0 amide bonds. The summed E-state index contributed by atoms with van der Waals surface area (Å²) >= 11 is 1.40. The molecule has 0 fully saturated rings. The lowest BCUT2D eigenvalue weighted by molar-refractivity contribution is 0.102. The molecular weight excluding hydrogens is 446 g/mol. The van der Waals surface area contributed by atoms with Gasteiger partial charge in [0, 0.05) is 47.7 Å². The Balaban J connectivity index is 1.57. The topological polar surface area (TPSA) is 74.8 Å². The molecule has 0 unspecified atom stereocenters. The lowest BCUT2D eigenvalue weighted by Gasteiger charge is -2.12. The summed E-state index contributed by atoms with van der Waals surface area (Å²) in [5, 5.41) is 9.44. The van der Waals surface area contributed by atoms with E-state index in [1.165, 1.54) is 22.9 Å². The van der Waals surface area contributed by atoms with Crippen LogP contribution in [0, 0.1) is 27.7 Å². The number of Topliss-reactive ketones (excluding diaryl/α,β-unsaturated/α-hetero) is 1. The summed E-state index contributed by atoms with van der Waals surface area (Å²) in [7, 11) is 1.66. The van der Waals surface area contributed by atoms with Crippen LogP contribution < -0.4 is 0 Å². The molecule has 3 heterocycles. The molecule has 0 spiro atoms. The summed E-state index contributed by atoms with van der Waals surface area (Å²) in [6.45, 7) is 9.34. The number of methoxy groups -OCH3 is 1. The van der Waals surface area contributed by atoms with Crippen molar-refractivity contribution in [2.24, 2.45) is 0 Å². The minimum atomic E-state index is 0.0699. The maximum absolute atomic E-state index is 13.2. The number of benzene rings is 1. The number of thioether (sulfide) groups is 1. The van der Waals surface area contributed by atoms with Crippen molar-refractivity contribution in [1.82, 2.24) is 24.3 Å². The quantitative estimate of drug-likeness (QED) is 0.251. The number of ketones is 1. The van der Waals surface area contributed by atoms with Gasteiger partial charge in [0.05, 0.1) is 18.9 Å². The van der Waals surface area contributed by atoms with Gasteiger partial charge in [-0.2, -0.15) is 0 Å². The Morgan fingerprint density at radius 2 is 1.71 bits per heavy atom. The van der Waals surface area contributed by atoms with Gasteiger partial charge in [-0.3, -0.25) is 14.3 Å². The van der Waals surface area contributed by atoms with E-state index in [0.717, 1.165) is 34.0 Å². The van der Waals surface area contributed by atoms with E-state index in [-0.39, 0.29) is 11.5 Å². The summed E-state index contributed by atoms with van der Waals surface area (Å²) in [6.07, 6.45) is 3.46. The van der Waals surface area contributed by atoms with E-state index in [2.05, 4.69) is 51.8 Å². The van der Waals surface area contributed by atoms with Gasteiger partial charge in [0.15, 0.2) is 16.8 Å². The molecule has 0 N–H and O–H groups in total. The van der Waals surface area contributed by atoms with Crippen molar-refractivity contribution in [3.63, 3.8) is 0 Å². The van der Waals surface area contributed by atoms with Crippen LogP contribution in [0.5, 0.6) is 0 Å². The van der Waals surface area contributed by atoms with E-state index < -0.39 is 0 Å². The highest BCUT2D eigenvalue weighted by molar-refractivity contribution is 7.99. The minimum absolute atomic E-state index is 0.0699. The highest BCUT2D eigenvalue weighted by atomic mass is 32.2. The largest absolute Gasteiger partial charge is 0.383 e. The number of aromatic nitrogens is 5. The van der Waals surface area contributed by atoms with Crippen molar-refractivity contribution in [1.29, 1.82) is 0 Å². The Labute approximate surface area is 204 Å². The van der Waals surface area contributed by atoms with Gasteiger partial charge in [0.2, 0.25) is 0 Å². The van der Waals surface area contributed by atoms with E-state index in [0.29, 0.717) is 18.3 Å². The fraction of sp³-hybridized carbons (Fsp3) is 0.308. The summed E-state index contributed by atoms with van der Waals surface area (Å²) in [5.41, 5.74) is 7.14. The number of ether oxygens (including phenoxy) is 1. The molecule has 8 heteroatoms. The maximum atomic E-state index is 13.2. The van der Waals surface area contributed by atoms with E-state index >= 15 is 0 Å². The number of aryl methyl sites for hydroxylation is 3. The average Bonchev–Trinajstić information content (AvgIpc) is 3.35. The zero-order valence-electron chi connectivity index (χ0n) is 20.2. The summed E-state index contributed by atoms with van der Waals surface area (Å²) in [4.78, 5) is 17.3. The number of carbonyl (C=O) groups excluding carboxylic acids is 1. The van der Waals surface area contributed by atoms with Gasteiger partial charge in [-0.15, -0.1) is 10.2 Å². The molecule has 176 valence electrons. The normalized spacial score (nSPS) is 11.2. The van der Waals surface area contributed by atoms with Gasteiger partial charge in [-0.05, 0) is 69.2 Å². The van der Waals surface area contributed by atoms with Crippen LogP contribution in [0.15, 0.2) is 53.9 Å². The standard InChI is InChI=1S/C26H29N5O2S/c1-17-12-18(2)14-22(13-17)31-19(3)15-23(20(31)4)24(32)16-34-26-29-28-25(30(26)10-11-33-5)21-6-8-27-9-7-21/h6-9,12-15H,10-11,16H2,1-5H3. The lowest BCUT2D eigenvalue weighted by atomic mass is 10.1. The van der Waals surface area contributed by atoms with Crippen molar-refractivity contribution < 1.29 is 9.53 Å². The van der Waals surface area contributed by atoms with Crippen molar-refractivity contribution in [2.75, 3.05) is 19.5 Å². The van der Waals surface area contributed by atoms with Crippen LogP contribution in [0.2, 0.25) is 0 Å². The number of rotatable bonds is 9. The smallest absolute Gasteiger partial charge is 0.192 e. The molecule has 3 aromatic heterocycles. The van der Waals surface area contributed by atoms with Crippen LogP contribution in [0.3, 0.4) is 0 Å². The first-order chi connectivity index (χ1) is 16.4. The molecule has 4 aromatic rings. The van der Waals surface area contributed by atoms with E-state index in [4.69, 9.17) is 4.74 Å². The Bertz CT molecular complexity index is 1290. The van der Waals surface area contributed by atoms with Gasteiger partial charge < -0.3 is 9.30 Å². The second-order valence-corrected chi connectivity index (χ2v) is 9.31. The van der Waals surface area contributed by atoms with Gasteiger partial charge in [0.25, 0.3) is 0 Å². The number of pyridine rings is 1. The molecule has 0 atom stereocenters. The Hall–Kier alpha value is -3.23. The molecule has 0 radical (unpaired) electrons. The Morgan fingerprint density at radius 1 is 1.00 bits per heavy atom. The zero-order chi connectivity index (χ0) is 24.2. The molecule has 0 bridgehead atoms. The van der Waals surface area contributed by atoms with Gasteiger partial charge in [-0.25, -0.2) is 0 Å². The fourth-order valence-electron chi connectivity index (χ4n) is 4.22. The third-order valence-electron chi connectivity index (χ3n) is 5.70. The second-order valence-electron chi connectivity index (χ2n) is 8.36. The van der Waals surface area contributed by atoms with Crippen molar-refractivity contribution in [2.45, 2.75) is 39.4 Å². The average molecular weight is 476 g/mol.